The lowest BCUT2D eigenvalue weighted by Gasteiger charge is -2.37. The van der Waals surface area contributed by atoms with Crippen molar-refractivity contribution >= 4 is 40.0 Å². The van der Waals surface area contributed by atoms with Crippen molar-refractivity contribution in [2.75, 3.05) is 4.90 Å². The second-order valence-corrected chi connectivity index (χ2v) is 15.4. The first kappa shape index (κ1) is 32.1. The normalized spacial score (nSPS) is 16.3. The predicted octanol–water partition coefficient (Wildman–Crippen LogP) is 13.2. The predicted molar refractivity (Wildman–Crippen MR) is 230 cm³/mol. The van der Waals surface area contributed by atoms with Gasteiger partial charge in [0.2, 0.25) is 0 Å². The Morgan fingerprint density at radius 1 is 0.564 bits per heavy atom. The highest BCUT2D eigenvalue weighted by Crippen LogP contribution is 2.58. The van der Waals surface area contributed by atoms with Crippen molar-refractivity contribution < 1.29 is 0 Å². The summed E-state index contributed by atoms with van der Waals surface area (Å²) >= 11 is 0. The number of rotatable bonds is 6. The summed E-state index contributed by atoms with van der Waals surface area (Å²) in [7, 11) is 0. The van der Waals surface area contributed by atoms with Crippen LogP contribution in [0.4, 0.5) is 11.4 Å². The number of para-hydroxylation sites is 1. The molecule has 4 aliphatic rings. The molecule has 11 rings (SSSR count). The fourth-order valence-electron chi connectivity index (χ4n) is 10.2. The summed E-state index contributed by atoms with van der Waals surface area (Å²) in [5.74, 6) is 0. The molecule has 6 aromatic carbocycles. The van der Waals surface area contributed by atoms with E-state index in [0.29, 0.717) is 0 Å². The molecule has 0 amide bonds. The fraction of sp³-hybridized carbons (Fsp3) is 0.132. The van der Waals surface area contributed by atoms with Gasteiger partial charge in [-0.2, -0.15) is 0 Å². The molecule has 264 valence electrons. The number of aryl methyl sites for hydroxylation is 1. The minimum absolute atomic E-state index is 0.384. The summed E-state index contributed by atoms with van der Waals surface area (Å²) in [5.41, 5.74) is 19.6. The summed E-state index contributed by atoms with van der Waals surface area (Å²) in [5, 5.41) is 1.31. The Balaban J connectivity index is 1.17. The van der Waals surface area contributed by atoms with Crippen LogP contribution in [0.5, 0.6) is 0 Å². The molecule has 0 saturated heterocycles. The molecule has 4 aliphatic carbocycles. The Labute approximate surface area is 323 Å². The lowest BCUT2D eigenvalue weighted by molar-refractivity contribution is 0.696. The van der Waals surface area contributed by atoms with Crippen molar-refractivity contribution in [3.8, 4) is 5.69 Å². The molecule has 7 aromatic rings. The van der Waals surface area contributed by atoms with Crippen LogP contribution in [-0.4, -0.2) is 4.57 Å². The zero-order valence-corrected chi connectivity index (χ0v) is 31.0. The van der Waals surface area contributed by atoms with Gasteiger partial charge in [-0.15, -0.1) is 0 Å². The van der Waals surface area contributed by atoms with Crippen LogP contribution in [0.15, 0.2) is 181 Å². The van der Waals surface area contributed by atoms with Crippen LogP contribution in [0.25, 0.3) is 34.3 Å². The largest absolute Gasteiger partial charge is 0.314 e. The Morgan fingerprint density at radius 2 is 1.24 bits per heavy atom. The van der Waals surface area contributed by atoms with Crippen LogP contribution in [0.3, 0.4) is 0 Å². The maximum atomic E-state index is 2.57. The summed E-state index contributed by atoms with van der Waals surface area (Å²) in [6.45, 7) is 0. The van der Waals surface area contributed by atoms with Crippen molar-refractivity contribution in [1.29, 1.82) is 0 Å². The highest BCUT2D eigenvalue weighted by molar-refractivity contribution is 5.97. The molecule has 55 heavy (non-hydrogen) atoms. The molecule has 0 saturated carbocycles. The van der Waals surface area contributed by atoms with Crippen LogP contribution in [0, 0.1) is 0 Å². The van der Waals surface area contributed by atoms with Gasteiger partial charge in [0.25, 0.3) is 0 Å². The van der Waals surface area contributed by atoms with Gasteiger partial charge in [-0.25, -0.2) is 0 Å². The van der Waals surface area contributed by atoms with E-state index in [0.717, 1.165) is 38.5 Å². The quantitative estimate of drug-likeness (QED) is 0.167. The van der Waals surface area contributed by atoms with E-state index in [-0.39, 0.29) is 5.41 Å². The van der Waals surface area contributed by atoms with E-state index in [2.05, 4.69) is 192 Å². The summed E-state index contributed by atoms with van der Waals surface area (Å²) < 4.78 is 2.52. The smallest absolute Gasteiger partial charge is 0.0677 e. The molecule has 0 atom stereocenters. The van der Waals surface area contributed by atoms with Gasteiger partial charge in [0.1, 0.15) is 0 Å². The van der Waals surface area contributed by atoms with Crippen LogP contribution < -0.4 is 4.90 Å². The maximum Gasteiger partial charge on any atom is 0.0677 e. The van der Waals surface area contributed by atoms with Crippen LogP contribution >= 0.6 is 0 Å². The third-order valence-corrected chi connectivity index (χ3v) is 12.5. The molecule has 1 heterocycles. The summed E-state index contributed by atoms with van der Waals surface area (Å²) in [6.07, 6.45) is 18.1. The molecule has 0 spiro atoms. The monoisotopic (exact) mass is 706 g/mol. The van der Waals surface area contributed by atoms with E-state index in [1.54, 1.807) is 0 Å². The van der Waals surface area contributed by atoms with Crippen molar-refractivity contribution in [1.82, 2.24) is 4.57 Å². The van der Waals surface area contributed by atoms with E-state index in [1.807, 2.05) is 0 Å². The molecule has 0 radical (unpaired) electrons. The van der Waals surface area contributed by atoms with Gasteiger partial charge in [-0.05, 0) is 126 Å². The van der Waals surface area contributed by atoms with Crippen molar-refractivity contribution in [3.05, 3.63) is 226 Å². The lowest BCUT2D eigenvalue weighted by Crippen LogP contribution is -2.30. The molecular formula is C53H42N2. The highest BCUT2D eigenvalue weighted by Gasteiger charge is 2.47. The lowest BCUT2D eigenvalue weighted by atomic mass is 9.65. The molecule has 0 unspecified atom stereocenters. The number of anilines is 2. The standard InChI is InChI=1S/C53H42N2/c1-4-18-39(19-5-1)53(40-20-6-2-7-21-40)49-26-14-12-24-45(49)46-32-30-43(35-50(46)53)54(42-29-28-37-16-10-11-17-38(37)34-42)44-31-33-48-47-25-13-15-27-51(47)55(52(48)36-44)41-22-8-3-9-23-41/h1-13,16-25,30-36H,14-15,26-29H2. The Kier molecular flexibility index (Phi) is 7.52. The SMILES string of the molecule is C1=CC2=C(CC1)C(c1ccccc1)(c1ccccc1)c1cc(N(C3=Cc4ccccc4CC3)c3ccc4c5c(n(-c6ccccc6)c4c3)CCC=C5)ccc12. The molecule has 2 nitrogen and oxygen atoms in total. The minimum Gasteiger partial charge on any atom is -0.314 e. The summed E-state index contributed by atoms with van der Waals surface area (Å²) in [6, 6.07) is 56.9. The van der Waals surface area contributed by atoms with Gasteiger partial charge >= 0.3 is 0 Å². The van der Waals surface area contributed by atoms with Crippen LogP contribution in [0.2, 0.25) is 0 Å². The molecular weight excluding hydrogens is 665 g/mol. The number of benzene rings is 6. The van der Waals surface area contributed by atoms with Crippen LogP contribution in [0.1, 0.15) is 70.3 Å². The van der Waals surface area contributed by atoms with E-state index < -0.39 is 0 Å². The van der Waals surface area contributed by atoms with Crippen molar-refractivity contribution in [2.45, 2.75) is 43.9 Å². The van der Waals surface area contributed by atoms with E-state index in [9.17, 15) is 0 Å². The van der Waals surface area contributed by atoms with Gasteiger partial charge < -0.3 is 9.47 Å². The number of fused-ring (bicyclic) bond motifs is 6. The van der Waals surface area contributed by atoms with Gasteiger partial charge in [0.05, 0.1) is 10.9 Å². The zero-order valence-electron chi connectivity index (χ0n) is 31.0. The average Bonchev–Trinajstić information content (AvgIpc) is 3.75. The first-order valence-electron chi connectivity index (χ1n) is 19.9. The topological polar surface area (TPSA) is 8.17 Å². The average molecular weight is 707 g/mol. The Bertz CT molecular complexity index is 2700. The zero-order chi connectivity index (χ0) is 36.3. The molecule has 2 heteroatoms. The first-order chi connectivity index (χ1) is 27.3. The molecule has 0 bridgehead atoms. The van der Waals surface area contributed by atoms with Gasteiger partial charge in [0, 0.05) is 39.4 Å². The first-order valence-corrected chi connectivity index (χ1v) is 19.9. The molecule has 0 N–H and O–H groups in total. The molecule has 0 fully saturated rings. The number of hydrogen-bond donors (Lipinski definition) is 0. The third-order valence-electron chi connectivity index (χ3n) is 12.5. The third kappa shape index (κ3) is 4.94. The van der Waals surface area contributed by atoms with Crippen LogP contribution in [-0.2, 0) is 18.3 Å². The Morgan fingerprint density at radius 3 is 2.04 bits per heavy atom. The maximum absolute atomic E-state index is 2.57. The second-order valence-electron chi connectivity index (χ2n) is 15.4. The van der Waals surface area contributed by atoms with Crippen molar-refractivity contribution in [2.24, 2.45) is 0 Å². The van der Waals surface area contributed by atoms with Gasteiger partial charge in [0.15, 0.2) is 0 Å². The second kappa shape index (κ2) is 12.9. The van der Waals surface area contributed by atoms with E-state index >= 15 is 0 Å². The van der Waals surface area contributed by atoms with Gasteiger partial charge in [-0.1, -0.05) is 140 Å². The van der Waals surface area contributed by atoms with Gasteiger partial charge in [-0.3, -0.25) is 0 Å². The number of hydrogen-bond acceptors (Lipinski definition) is 1. The molecule has 1 aromatic heterocycles. The summed E-state index contributed by atoms with van der Waals surface area (Å²) in [4.78, 5) is 2.57. The van der Waals surface area contributed by atoms with Crippen molar-refractivity contribution in [3.63, 3.8) is 0 Å². The number of allylic oxidation sites excluding steroid dienone is 6. The number of aromatic nitrogens is 1. The molecule has 0 aliphatic heterocycles. The number of nitrogens with zero attached hydrogens (tertiary/aromatic N) is 2. The Hall–Kier alpha value is -6.38. The minimum atomic E-state index is -0.384. The van der Waals surface area contributed by atoms with E-state index in [1.165, 1.54) is 89.4 Å². The van der Waals surface area contributed by atoms with E-state index in [4.69, 9.17) is 0 Å². The highest BCUT2D eigenvalue weighted by atomic mass is 15.2. The fourth-order valence-corrected chi connectivity index (χ4v) is 10.2.